The van der Waals surface area contributed by atoms with Crippen LogP contribution in [0.4, 0.5) is 0 Å². The van der Waals surface area contributed by atoms with Crippen molar-refractivity contribution in [2.75, 3.05) is 6.61 Å². The second-order valence-corrected chi connectivity index (χ2v) is 2.14. The van der Waals surface area contributed by atoms with Gasteiger partial charge in [0, 0.05) is 11.9 Å². The van der Waals surface area contributed by atoms with E-state index < -0.39 is 5.97 Å². The molecule has 0 spiro atoms. The van der Waals surface area contributed by atoms with Crippen LogP contribution in [0.5, 0.6) is 0 Å². The Balaban J connectivity index is 2.69. The fraction of sp³-hybridized carbons (Fsp3) is 0.429. The summed E-state index contributed by atoms with van der Waals surface area (Å²) in [5.74, 6) is -0.134. The van der Waals surface area contributed by atoms with Crippen molar-refractivity contribution in [1.29, 1.82) is 0 Å². The molecule has 0 aliphatic heterocycles. The number of imidazole rings is 1. The number of aromatic nitrogens is 2. The first-order chi connectivity index (χ1) is 5.24. The summed E-state index contributed by atoms with van der Waals surface area (Å²) in [4.78, 5) is 17.5. The van der Waals surface area contributed by atoms with Crippen LogP contribution in [-0.4, -0.2) is 22.5 Å². The topological polar surface area (TPSA) is 55.0 Å². The minimum absolute atomic E-state index is 0.268. The molecule has 11 heavy (non-hydrogen) atoms. The Bertz CT molecular complexity index is 255. The molecule has 1 aromatic rings. The maximum atomic E-state index is 10.9. The fourth-order valence-corrected chi connectivity index (χ4v) is 0.716. The van der Waals surface area contributed by atoms with E-state index in [-0.39, 0.29) is 5.82 Å². The van der Waals surface area contributed by atoms with Crippen LogP contribution in [-0.2, 0) is 4.74 Å². The van der Waals surface area contributed by atoms with Crippen molar-refractivity contribution in [3.8, 4) is 0 Å². The van der Waals surface area contributed by atoms with E-state index in [1.165, 1.54) is 0 Å². The highest BCUT2D eigenvalue weighted by atomic mass is 16.5. The minimum atomic E-state index is -0.402. The van der Waals surface area contributed by atoms with E-state index in [0.29, 0.717) is 6.61 Å². The molecule has 4 heteroatoms. The number of hydrogen-bond acceptors (Lipinski definition) is 3. The van der Waals surface area contributed by atoms with E-state index in [1.807, 2.05) is 6.92 Å². The average Bonchev–Trinajstić information content (AvgIpc) is 2.36. The zero-order chi connectivity index (χ0) is 8.27. The monoisotopic (exact) mass is 154 g/mol. The molecule has 0 atom stereocenters. The summed E-state index contributed by atoms with van der Waals surface area (Å²) >= 11 is 0. The summed E-state index contributed by atoms with van der Waals surface area (Å²) in [6.45, 7) is 3.96. The Kier molecular flexibility index (Phi) is 2.25. The van der Waals surface area contributed by atoms with Gasteiger partial charge in [0.05, 0.1) is 6.61 Å². The van der Waals surface area contributed by atoms with Crippen molar-refractivity contribution in [2.24, 2.45) is 0 Å². The van der Waals surface area contributed by atoms with E-state index in [0.717, 1.165) is 5.69 Å². The van der Waals surface area contributed by atoms with Gasteiger partial charge in [0.2, 0.25) is 5.82 Å². The highest BCUT2D eigenvalue weighted by molar-refractivity contribution is 5.85. The van der Waals surface area contributed by atoms with Crippen LogP contribution < -0.4 is 0 Å². The Hall–Kier alpha value is -1.32. The second-order valence-electron chi connectivity index (χ2n) is 2.14. The van der Waals surface area contributed by atoms with Gasteiger partial charge in [-0.05, 0) is 13.8 Å². The van der Waals surface area contributed by atoms with E-state index in [9.17, 15) is 4.79 Å². The molecular formula is C7H10N2O2. The zero-order valence-corrected chi connectivity index (χ0v) is 6.55. The molecule has 0 saturated carbocycles. The van der Waals surface area contributed by atoms with E-state index in [4.69, 9.17) is 4.74 Å². The summed E-state index contributed by atoms with van der Waals surface area (Å²) in [5.41, 5.74) is 0.855. The summed E-state index contributed by atoms with van der Waals surface area (Å²) in [7, 11) is 0. The van der Waals surface area contributed by atoms with Gasteiger partial charge in [-0.2, -0.15) is 0 Å². The van der Waals surface area contributed by atoms with Gasteiger partial charge in [-0.3, -0.25) is 0 Å². The molecule has 0 unspecified atom stereocenters. The lowest BCUT2D eigenvalue weighted by Gasteiger charge is -1.95. The number of aryl methyl sites for hydroxylation is 1. The maximum absolute atomic E-state index is 10.9. The molecule has 0 fully saturated rings. The minimum Gasteiger partial charge on any atom is -0.460 e. The summed E-state index contributed by atoms with van der Waals surface area (Å²) in [6.07, 6.45) is 1.59. The number of carbonyl (C=O) groups is 1. The fourth-order valence-electron chi connectivity index (χ4n) is 0.716. The third-order valence-electron chi connectivity index (χ3n) is 1.17. The Labute approximate surface area is 64.6 Å². The normalized spacial score (nSPS) is 9.64. The molecule has 1 heterocycles. The number of ether oxygens (including phenoxy) is 1. The van der Waals surface area contributed by atoms with Crippen molar-refractivity contribution >= 4 is 5.97 Å². The Morgan fingerprint density at radius 2 is 2.55 bits per heavy atom. The highest BCUT2D eigenvalue weighted by Crippen LogP contribution is 1.96. The number of rotatable bonds is 2. The average molecular weight is 154 g/mol. The van der Waals surface area contributed by atoms with E-state index >= 15 is 0 Å². The Morgan fingerprint density at radius 3 is 3.00 bits per heavy atom. The first-order valence-electron chi connectivity index (χ1n) is 3.42. The molecule has 0 bridgehead atoms. The van der Waals surface area contributed by atoms with Crippen molar-refractivity contribution in [1.82, 2.24) is 9.97 Å². The van der Waals surface area contributed by atoms with Gasteiger partial charge in [0.25, 0.3) is 0 Å². The van der Waals surface area contributed by atoms with Gasteiger partial charge >= 0.3 is 5.97 Å². The van der Waals surface area contributed by atoms with Crippen LogP contribution in [0.1, 0.15) is 23.2 Å². The third-order valence-corrected chi connectivity index (χ3v) is 1.17. The number of hydrogen-bond donors (Lipinski definition) is 1. The van der Waals surface area contributed by atoms with Crippen LogP contribution in [0.15, 0.2) is 6.20 Å². The molecule has 0 aliphatic carbocycles. The molecule has 0 saturated heterocycles. The summed E-state index contributed by atoms with van der Waals surface area (Å²) < 4.78 is 4.71. The van der Waals surface area contributed by atoms with Crippen LogP contribution >= 0.6 is 0 Å². The Morgan fingerprint density at radius 1 is 1.82 bits per heavy atom. The van der Waals surface area contributed by atoms with Crippen LogP contribution in [0, 0.1) is 6.92 Å². The highest BCUT2D eigenvalue weighted by Gasteiger charge is 2.08. The van der Waals surface area contributed by atoms with Gasteiger partial charge in [-0.25, -0.2) is 9.78 Å². The van der Waals surface area contributed by atoms with Crippen LogP contribution in [0.25, 0.3) is 0 Å². The quantitative estimate of drug-likeness (QED) is 0.644. The zero-order valence-electron chi connectivity index (χ0n) is 6.55. The molecule has 0 aliphatic rings. The van der Waals surface area contributed by atoms with Crippen LogP contribution in [0.2, 0.25) is 0 Å². The van der Waals surface area contributed by atoms with Gasteiger partial charge < -0.3 is 9.72 Å². The van der Waals surface area contributed by atoms with Crippen molar-refractivity contribution < 1.29 is 9.53 Å². The first kappa shape index (κ1) is 7.78. The molecule has 1 rings (SSSR count). The maximum Gasteiger partial charge on any atom is 0.374 e. The number of nitrogens with one attached hydrogen (secondary N) is 1. The molecule has 0 aromatic carbocycles. The van der Waals surface area contributed by atoms with Crippen molar-refractivity contribution in [3.63, 3.8) is 0 Å². The van der Waals surface area contributed by atoms with Gasteiger partial charge in [-0.15, -0.1) is 0 Å². The molecule has 60 valence electrons. The summed E-state index contributed by atoms with van der Waals surface area (Å²) in [5, 5.41) is 0. The SMILES string of the molecule is CCOC(=O)c1ncc(C)[nH]1. The third kappa shape index (κ3) is 1.80. The predicted octanol–water partition coefficient (Wildman–Crippen LogP) is 0.895. The smallest absolute Gasteiger partial charge is 0.374 e. The predicted molar refractivity (Wildman–Crippen MR) is 39.3 cm³/mol. The van der Waals surface area contributed by atoms with Crippen molar-refractivity contribution in [3.05, 3.63) is 17.7 Å². The standard InChI is InChI=1S/C7H10N2O2/c1-3-11-7(10)6-8-4-5(2)9-6/h4H,3H2,1-2H3,(H,8,9). The number of esters is 1. The molecular weight excluding hydrogens is 144 g/mol. The second kappa shape index (κ2) is 3.18. The molecule has 1 N–H and O–H groups in total. The number of H-pyrrole nitrogens is 1. The lowest BCUT2D eigenvalue weighted by atomic mass is 10.6. The lowest BCUT2D eigenvalue weighted by Crippen LogP contribution is -2.06. The van der Waals surface area contributed by atoms with Crippen LogP contribution in [0.3, 0.4) is 0 Å². The number of aromatic amines is 1. The molecule has 4 nitrogen and oxygen atoms in total. The van der Waals surface area contributed by atoms with Gasteiger partial charge in [0.1, 0.15) is 0 Å². The molecule has 0 radical (unpaired) electrons. The van der Waals surface area contributed by atoms with E-state index in [1.54, 1.807) is 13.1 Å². The number of nitrogens with zero attached hydrogens (tertiary/aromatic N) is 1. The van der Waals surface area contributed by atoms with Gasteiger partial charge in [0.15, 0.2) is 0 Å². The van der Waals surface area contributed by atoms with Gasteiger partial charge in [-0.1, -0.05) is 0 Å². The number of carbonyl (C=O) groups excluding carboxylic acids is 1. The molecule has 0 amide bonds. The molecule has 1 aromatic heterocycles. The summed E-state index contributed by atoms with van der Waals surface area (Å²) in [6, 6.07) is 0. The lowest BCUT2D eigenvalue weighted by molar-refractivity contribution is 0.0513. The largest absolute Gasteiger partial charge is 0.460 e. The van der Waals surface area contributed by atoms with E-state index in [2.05, 4.69) is 9.97 Å². The van der Waals surface area contributed by atoms with Crippen molar-refractivity contribution in [2.45, 2.75) is 13.8 Å². The first-order valence-corrected chi connectivity index (χ1v) is 3.42.